The third-order valence-electron chi connectivity index (χ3n) is 5.20. The van der Waals surface area contributed by atoms with E-state index in [1.807, 2.05) is 18.2 Å². The van der Waals surface area contributed by atoms with Crippen LogP contribution in [0, 0.1) is 0 Å². The number of sulfonamides is 1. The van der Waals surface area contributed by atoms with Crippen molar-refractivity contribution in [2.45, 2.75) is 30.7 Å². The van der Waals surface area contributed by atoms with Gasteiger partial charge in [0.1, 0.15) is 0 Å². The van der Waals surface area contributed by atoms with Gasteiger partial charge in [0.2, 0.25) is 10.0 Å². The predicted molar refractivity (Wildman–Crippen MR) is 99.3 cm³/mol. The first kappa shape index (κ1) is 17.2. The first-order valence-corrected chi connectivity index (χ1v) is 10.5. The van der Waals surface area contributed by atoms with E-state index in [1.54, 1.807) is 23.1 Å². The minimum absolute atomic E-state index is 0.113. The summed E-state index contributed by atoms with van der Waals surface area (Å²) in [6, 6.07) is 14.6. The highest BCUT2D eigenvalue weighted by molar-refractivity contribution is 7.89. The van der Waals surface area contributed by atoms with Crippen LogP contribution < -0.4 is 0 Å². The Kier molecular flexibility index (Phi) is 4.54. The third kappa shape index (κ3) is 3.15. The van der Waals surface area contributed by atoms with Crippen LogP contribution in [-0.2, 0) is 23.0 Å². The highest BCUT2D eigenvalue weighted by Gasteiger charge is 2.28. The van der Waals surface area contributed by atoms with Gasteiger partial charge >= 0.3 is 0 Å². The molecular formula is C20H22N2O3S. The molecule has 0 aromatic heterocycles. The van der Waals surface area contributed by atoms with Crippen molar-refractivity contribution in [3.8, 4) is 0 Å². The normalized spacial score (nSPS) is 17.9. The Balaban J connectivity index is 1.58. The molecule has 0 unspecified atom stereocenters. The molecule has 0 saturated carbocycles. The van der Waals surface area contributed by atoms with Crippen molar-refractivity contribution in [3.63, 3.8) is 0 Å². The monoisotopic (exact) mass is 370 g/mol. The number of carbonyl (C=O) groups is 1. The summed E-state index contributed by atoms with van der Waals surface area (Å²) in [6.07, 6.45) is 2.61. The van der Waals surface area contributed by atoms with Crippen LogP contribution in [-0.4, -0.2) is 43.2 Å². The number of hydrogen-bond acceptors (Lipinski definition) is 3. The molecule has 0 bridgehead atoms. The molecule has 0 aliphatic carbocycles. The summed E-state index contributed by atoms with van der Waals surface area (Å²) in [5, 5.41) is 0. The lowest BCUT2D eigenvalue weighted by atomic mass is 9.99. The van der Waals surface area contributed by atoms with Crippen LogP contribution in [0.2, 0.25) is 0 Å². The average molecular weight is 370 g/mol. The number of hydrogen-bond donors (Lipinski definition) is 0. The van der Waals surface area contributed by atoms with Crippen molar-refractivity contribution < 1.29 is 13.2 Å². The van der Waals surface area contributed by atoms with Crippen molar-refractivity contribution in [1.29, 1.82) is 0 Å². The van der Waals surface area contributed by atoms with Gasteiger partial charge in [0.15, 0.2) is 0 Å². The van der Waals surface area contributed by atoms with E-state index in [2.05, 4.69) is 6.07 Å². The molecule has 2 heterocycles. The van der Waals surface area contributed by atoms with Crippen LogP contribution in [0.4, 0.5) is 0 Å². The molecule has 2 aromatic carbocycles. The molecule has 2 aromatic rings. The predicted octanol–water partition coefficient (Wildman–Crippen LogP) is 2.67. The largest absolute Gasteiger partial charge is 0.334 e. The lowest BCUT2D eigenvalue weighted by Crippen LogP contribution is -2.36. The summed E-state index contributed by atoms with van der Waals surface area (Å²) in [5.74, 6) is -0.113. The number of amides is 1. The molecular weight excluding hydrogens is 348 g/mol. The zero-order valence-corrected chi connectivity index (χ0v) is 15.4. The summed E-state index contributed by atoms with van der Waals surface area (Å²) >= 11 is 0. The van der Waals surface area contributed by atoms with Crippen LogP contribution >= 0.6 is 0 Å². The van der Waals surface area contributed by atoms with E-state index in [9.17, 15) is 13.2 Å². The van der Waals surface area contributed by atoms with E-state index in [0.717, 1.165) is 24.8 Å². The molecule has 136 valence electrons. The topological polar surface area (TPSA) is 57.7 Å². The Morgan fingerprint density at radius 1 is 0.885 bits per heavy atom. The Labute approximate surface area is 154 Å². The maximum Gasteiger partial charge on any atom is 0.254 e. The van der Waals surface area contributed by atoms with E-state index in [-0.39, 0.29) is 10.8 Å². The van der Waals surface area contributed by atoms with E-state index < -0.39 is 10.0 Å². The molecule has 6 heteroatoms. The van der Waals surface area contributed by atoms with Gasteiger partial charge in [0.05, 0.1) is 4.90 Å². The summed E-state index contributed by atoms with van der Waals surface area (Å²) in [4.78, 5) is 14.9. The second kappa shape index (κ2) is 6.85. The maximum atomic E-state index is 12.9. The maximum absolute atomic E-state index is 12.9. The zero-order valence-electron chi connectivity index (χ0n) is 14.6. The fraction of sp³-hybridized carbons (Fsp3) is 0.350. The molecule has 1 fully saturated rings. The molecule has 0 atom stereocenters. The van der Waals surface area contributed by atoms with Gasteiger partial charge < -0.3 is 4.90 Å². The quantitative estimate of drug-likeness (QED) is 0.835. The molecule has 2 aliphatic heterocycles. The van der Waals surface area contributed by atoms with Gasteiger partial charge in [-0.1, -0.05) is 30.3 Å². The van der Waals surface area contributed by atoms with Crippen LogP contribution in [0.3, 0.4) is 0 Å². The molecule has 5 nitrogen and oxygen atoms in total. The average Bonchev–Trinajstić information content (AvgIpc) is 3.23. The molecule has 26 heavy (non-hydrogen) atoms. The number of carbonyl (C=O) groups excluding carboxylic acids is 1. The fourth-order valence-corrected chi connectivity index (χ4v) is 5.28. The molecule has 0 radical (unpaired) electrons. The zero-order chi connectivity index (χ0) is 18.1. The first-order valence-electron chi connectivity index (χ1n) is 9.02. The lowest BCUT2D eigenvalue weighted by molar-refractivity contribution is 0.0734. The smallest absolute Gasteiger partial charge is 0.254 e. The van der Waals surface area contributed by atoms with E-state index >= 15 is 0 Å². The SMILES string of the molecule is O=C(c1cccc(S(=O)(=O)N2CCCC2)c1)N1CCc2ccccc2C1. The number of rotatable bonds is 3. The van der Waals surface area contributed by atoms with Crippen molar-refractivity contribution >= 4 is 15.9 Å². The Morgan fingerprint density at radius 2 is 1.62 bits per heavy atom. The van der Waals surface area contributed by atoms with Gasteiger partial charge in [0, 0.05) is 31.7 Å². The Morgan fingerprint density at radius 3 is 2.38 bits per heavy atom. The van der Waals surface area contributed by atoms with Crippen LogP contribution in [0.15, 0.2) is 53.4 Å². The molecule has 0 N–H and O–H groups in total. The van der Waals surface area contributed by atoms with Gasteiger partial charge in [-0.3, -0.25) is 4.79 Å². The molecule has 0 spiro atoms. The molecule has 4 rings (SSSR count). The molecule has 1 saturated heterocycles. The summed E-state index contributed by atoms with van der Waals surface area (Å²) in [6.45, 7) is 2.34. The minimum atomic E-state index is -3.51. The summed E-state index contributed by atoms with van der Waals surface area (Å²) in [5.41, 5.74) is 2.87. The number of nitrogens with zero attached hydrogens (tertiary/aromatic N) is 2. The Bertz CT molecular complexity index is 934. The van der Waals surface area contributed by atoms with Gasteiger partial charge in [-0.25, -0.2) is 8.42 Å². The standard InChI is InChI=1S/C20H22N2O3S/c23-20(21-13-10-16-6-1-2-7-18(16)15-21)17-8-5-9-19(14-17)26(24,25)22-11-3-4-12-22/h1-2,5-9,14H,3-4,10-13,15H2. The van der Waals surface area contributed by atoms with Crippen LogP contribution in [0.5, 0.6) is 0 Å². The third-order valence-corrected chi connectivity index (χ3v) is 7.10. The van der Waals surface area contributed by atoms with Gasteiger partial charge in [-0.05, 0) is 48.6 Å². The second-order valence-corrected chi connectivity index (χ2v) is 8.82. The highest BCUT2D eigenvalue weighted by Crippen LogP contribution is 2.24. The number of fused-ring (bicyclic) bond motifs is 1. The fourth-order valence-electron chi connectivity index (χ4n) is 3.72. The van der Waals surface area contributed by atoms with Gasteiger partial charge in [-0.2, -0.15) is 4.31 Å². The van der Waals surface area contributed by atoms with Crippen molar-refractivity contribution in [1.82, 2.24) is 9.21 Å². The summed E-state index contributed by atoms with van der Waals surface area (Å²) in [7, 11) is -3.51. The lowest BCUT2D eigenvalue weighted by Gasteiger charge is -2.29. The molecule has 1 amide bonds. The van der Waals surface area contributed by atoms with E-state index in [1.165, 1.54) is 15.9 Å². The molecule has 2 aliphatic rings. The van der Waals surface area contributed by atoms with Crippen molar-refractivity contribution in [2.75, 3.05) is 19.6 Å². The van der Waals surface area contributed by atoms with Gasteiger partial charge in [-0.15, -0.1) is 0 Å². The minimum Gasteiger partial charge on any atom is -0.334 e. The van der Waals surface area contributed by atoms with Crippen LogP contribution in [0.1, 0.15) is 34.3 Å². The van der Waals surface area contributed by atoms with E-state index in [0.29, 0.717) is 31.7 Å². The highest BCUT2D eigenvalue weighted by atomic mass is 32.2. The number of benzene rings is 2. The van der Waals surface area contributed by atoms with E-state index in [4.69, 9.17) is 0 Å². The summed E-state index contributed by atoms with van der Waals surface area (Å²) < 4.78 is 27.0. The first-order chi connectivity index (χ1) is 12.6. The van der Waals surface area contributed by atoms with Crippen molar-refractivity contribution in [3.05, 3.63) is 65.2 Å². The Hall–Kier alpha value is -2.18. The van der Waals surface area contributed by atoms with Crippen molar-refractivity contribution in [2.24, 2.45) is 0 Å². The van der Waals surface area contributed by atoms with Crippen LogP contribution in [0.25, 0.3) is 0 Å². The second-order valence-electron chi connectivity index (χ2n) is 6.88. The van der Waals surface area contributed by atoms with Gasteiger partial charge in [0.25, 0.3) is 5.91 Å².